The van der Waals surface area contributed by atoms with Crippen molar-refractivity contribution in [3.05, 3.63) is 42.1 Å². The molecule has 0 bridgehead atoms. The number of ketones is 1. The number of aliphatic imine (C=N–C) groups is 1. The molecule has 1 aromatic carbocycles. The molecule has 0 saturated carbocycles. The van der Waals surface area contributed by atoms with Gasteiger partial charge in [-0.3, -0.25) is 9.79 Å². The second-order valence-electron chi connectivity index (χ2n) is 3.79. The Morgan fingerprint density at radius 3 is 3.06 bits per heavy atom. The molecule has 1 N–H and O–H groups in total. The first-order chi connectivity index (χ1) is 7.83. The van der Waals surface area contributed by atoms with E-state index in [-0.39, 0.29) is 5.78 Å². The molecular formula is C13H10N2O. The van der Waals surface area contributed by atoms with Gasteiger partial charge in [0.15, 0.2) is 5.78 Å². The zero-order valence-corrected chi connectivity index (χ0v) is 8.60. The Labute approximate surface area is 92.5 Å². The molecule has 3 nitrogen and oxygen atoms in total. The molecule has 0 saturated heterocycles. The smallest absolute Gasteiger partial charge is 0.163 e. The molecule has 1 aliphatic heterocycles. The van der Waals surface area contributed by atoms with Gasteiger partial charge >= 0.3 is 0 Å². The molecule has 0 aliphatic carbocycles. The third-order valence-corrected chi connectivity index (χ3v) is 2.67. The molecule has 0 atom stereocenters. The van der Waals surface area contributed by atoms with Gasteiger partial charge in [0.05, 0.1) is 5.70 Å². The Balaban J connectivity index is 2.11. The van der Waals surface area contributed by atoms with Crippen LogP contribution in [-0.2, 0) is 4.79 Å². The summed E-state index contributed by atoms with van der Waals surface area (Å²) in [6, 6.07) is 8.02. The maximum absolute atomic E-state index is 11.3. The third-order valence-electron chi connectivity index (χ3n) is 2.67. The van der Waals surface area contributed by atoms with Gasteiger partial charge in [-0.05, 0) is 18.2 Å². The van der Waals surface area contributed by atoms with Crippen LogP contribution in [0.3, 0.4) is 0 Å². The number of carbonyl (C=O) groups excluding carboxylic acids is 1. The standard InChI is InChI=1S/C13H10N2O/c16-11-4-6-15-13(8-11)9-1-2-12-10(7-9)3-5-14-12/h1-3,5-8,14H,4H2. The quantitative estimate of drug-likeness (QED) is 0.772. The Hall–Kier alpha value is -2.16. The lowest BCUT2D eigenvalue weighted by molar-refractivity contribution is -0.113. The summed E-state index contributed by atoms with van der Waals surface area (Å²) in [5, 5.41) is 1.13. The molecule has 0 amide bonds. The minimum Gasteiger partial charge on any atom is -0.361 e. The van der Waals surface area contributed by atoms with Crippen molar-refractivity contribution in [2.24, 2.45) is 4.99 Å². The Bertz CT molecular complexity index is 620. The van der Waals surface area contributed by atoms with Gasteiger partial charge in [0.25, 0.3) is 0 Å². The van der Waals surface area contributed by atoms with E-state index < -0.39 is 0 Å². The first-order valence-corrected chi connectivity index (χ1v) is 5.17. The van der Waals surface area contributed by atoms with Crippen LogP contribution in [0.1, 0.15) is 12.0 Å². The van der Waals surface area contributed by atoms with Crippen LogP contribution in [0.2, 0.25) is 0 Å². The minimum absolute atomic E-state index is 0.110. The lowest BCUT2D eigenvalue weighted by Gasteiger charge is -2.05. The van der Waals surface area contributed by atoms with Crippen LogP contribution in [0, 0.1) is 0 Å². The van der Waals surface area contributed by atoms with E-state index in [9.17, 15) is 4.79 Å². The highest BCUT2D eigenvalue weighted by Gasteiger charge is 2.08. The van der Waals surface area contributed by atoms with Crippen molar-refractivity contribution < 1.29 is 4.79 Å². The average Bonchev–Trinajstić information content (AvgIpc) is 2.75. The zero-order chi connectivity index (χ0) is 11.0. The van der Waals surface area contributed by atoms with Crippen molar-refractivity contribution in [1.29, 1.82) is 0 Å². The number of hydrogen-bond acceptors (Lipinski definition) is 2. The third kappa shape index (κ3) is 1.46. The zero-order valence-electron chi connectivity index (χ0n) is 8.60. The minimum atomic E-state index is 0.110. The first kappa shape index (κ1) is 9.09. The molecule has 3 heteroatoms. The molecule has 0 radical (unpaired) electrons. The van der Waals surface area contributed by atoms with Crippen LogP contribution in [0.4, 0.5) is 0 Å². The molecule has 0 unspecified atom stereocenters. The maximum atomic E-state index is 11.3. The van der Waals surface area contributed by atoms with Gasteiger partial charge in [0, 0.05) is 41.4 Å². The largest absolute Gasteiger partial charge is 0.361 e. The van der Waals surface area contributed by atoms with Crippen LogP contribution in [0.15, 0.2) is 41.5 Å². The second kappa shape index (κ2) is 3.45. The molecule has 78 valence electrons. The summed E-state index contributed by atoms with van der Waals surface area (Å²) >= 11 is 0. The number of nitrogens with one attached hydrogen (secondary N) is 1. The summed E-state index contributed by atoms with van der Waals surface area (Å²) in [5.41, 5.74) is 2.83. The highest BCUT2D eigenvalue weighted by molar-refractivity contribution is 6.07. The maximum Gasteiger partial charge on any atom is 0.163 e. The molecule has 1 aliphatic rings. The van der Waals surface area contributed by atoms with E-state index in [0.29, 0.717) is 6.42 Å². The van der Waals surface area contributed by atoms with E-state index in [1.165, 1.54) is 0 Å². The number of fused-ring (bicyclic) bond motifs is 1. The summed E-state index contributed by atoms with van der Waals surface area (Å²) in [4.78, 5) is 18.7. The number of rotatable bonds is 1. The normalized spacial score (nSPS) is 15.5. The number of aromatic nitrogens is 1. The van der Waals surface area contributed by atoms with Crippen molar-refractivity contribution in [2.45, 2.75) is 6.42 Å². The molecule has 0 fully saturated rings. The summed E-state index contributed by atoms with van der Waals surface area (Å²) in [5.74, 6) is 0.110. The van der Waals surface area contributed by atoms with E-state index in [0.717, 1.165) is 22.2 Å². The van der Waals surface area contributed by atoms with E-state index in [1.54, 1.807) is 12.3 Å². The number of H-pyrrole nitrogens is 1. The molecule has 1 aromatic heterocycles. The number of aromatic amines is 1. The molecular weight excluding hydrogens is 200 g/mol. The van der Waals surface area contributed by atoms with Crippen molar-refractivity contribution in [1.82, 2.24) is 4.98 Å². The van der Waals surface area contributed by atoms with Gasteiger partial charge in [0.1, 0.15) is 0 Å². The van der Waals surface area contributed by atoms with Crippen LogP contribution in [-0.4, -0.2) is 17.0 Å². The average molecular weight is 210 g/mol. The van der Waals surface area contributed by atoms with Gasteiger partial charge in [-0.25, -0.2) is 0 Å². The fourth-order valence-electron chi connectivity index (χ4n) is 1.85. The van der Waals surface area contributed by atoms with Gasteiger partial charge < -0.3 is 4.98 Å². The molecule has 2 aromatic rings. The topological polar surface area (TPSA) is 45.2 Å². The summed E-state index contributed by atoms with van der Waals surface area (Å²) in [7, 11) is 0. The van der Waals surface area contributed by atoms with Crippen molar-refractivity contribution >= 4 is 28.6 Å². The molecule has 0 spiro atoms. The number of carbonyl (C=O) groups is 1. The van der Waals surface area contributed by atoms with Crippen LogP contribution < -0.4 is 0 Å². The first-order valence-electron chi connectivity index (χ1n) is 5.17. The van der Waals surface area contributed by atoms with Crippen molar-refractivity contribution in [3.8, 4) is 0 Å². The molecule has 2 heterocycles. The van der Waals surface area contributed by atoms with Crippen LogP contribution in [0.5, 0.6) is 0 Å². The van der Waals surface area contributed by atoms with E-state index >= 15 is 0 Å². The predicted molar refractivity (Wildman–Crippen MR) is 64.4 cm³/mol. The van der Waals surface area contributed by atoms with Crippen molar-refractivity contribution in [3.63, 3.8) is 0 Å². The van der Waals surface area contributed by atoms with Gasteiger partial charge in [0.2, 0.25) is 0 Å². The van der Waals surface area contributed by atoms with E-state index in [2.05, 4.69) is 9.98 Å². The fraction of sp³-hybridized carbons (Fsp3) is 0.0769. The lowest BCUT2D eigenvalue weighted by Crippen LogP contribution is -2.00. The molecule has 16 heavy (non-hydrogen) atoms. The predicted octanol–water partition coefficient (Wildman–Crippen LogP) is 2.55. The van der Waals surface area contributed by atoms with E-state index in [1.807, 2.05) is 30.5 Å². The molecule has 3 rings (SSSR count). The van der Waals surface area contributed by atoms with Crippen molar-refractivity contribution in [2.75, 3.05) is 0 Å². The van der Waals surface area contributed by atoms with Gasteiger partial charge in [-0.2, -0.15) is 0 Å². The number of benzene rings is 1. The van der Waals surface area contributed by atoms with Gasteiger partial charge in [-0.15, -0.1) is 0 Å². The summed E-state index contributed by atoms with van der Waals surface area (Å²) in [6.45, 7) is 0. The summed E-state index contributed by atoms with van der Waals surface area (Å²) in [6.07, 6.45) is 5.58. The second-order valence-corrected chi connectivity index (χ2v) is 3.79. The Kier molecular flexibility index (Phi) is 1.96. The number of allylic oxidation sites excluding steroid dienone is 1. The van der Waals surface area contributed by atoms with E-state index in [4.69, 9.17) is 0 Å². The highest BCUT2D eigenvalue weighted by atomic mass is 16.1. The monoisotopic (exact) mass is 210 g/mol. The highest BCUT2D eigenvalue weighted by Crippen LogP contribution is 2.22. The fourth-order valence-corrected chi connectivity index (χ4v) is 1.85. The number of nitrogens with zero attached hydrogens (tertiary/aromatic N) is 1. The van der Waals surface area contributed by atoms with Gasteiger partial charge in [-0.1, -0.05) is 6.07 Å². The van der Waals surface area contributed by atoms with Crippen LogP contribution >= 0.6 is 0 Å². The van der Waals surface area contributed by atoms with Crippen LogP contribution in [0.25, 0.3) is 16.6 Å². The summed E-state index contributed by atoms with van der Waals surface area (Å²) < 4.78 is 0. The lowest BCUT2D eigenvalue weighted by atomic mass is 10.1. The Morgan fingerprint density at radius 1 is 1.25 bits per heavy atom. The SMILES string of the molecule is O=C1C=C(c2ccc3[nH]ccc3c2)N=CC1. The Morgan fingerprint density at radius 2 is 2.19 bits per heavy atom. The number of hydrogen-bond donors (Lipinski definition) is 1.